The first kappa shape index (κ1) is 13.9. The molecule has 2 heterocycles. The summed E-state index contributed by atoms with van der Waals surface area (Å²) in [5, 5.41) is 0. The third-order valence-corrected chi connectivity index (χ3v) is 5.04. The SMILES string of the molecule is Cc1cc(C(=O)CN2CCCC2)c(C)n1C1CCCC1. The Hall–Kier alpha value is -1.09. The van der Waals surface area contributed by atoms with Crippen molar-refractivity contribution in [2.24, 2.45) is 0 Å². The second kappa shape index (κ2) is 5.72. The zero-order chi connectivity index (χ0) is 14.1. The van der Waals surface area contributed by atoms with E-state index in [0.29, 0.717) is 18.4 Å². The molecule has 20 heavy (non-hydrogen) atoms. The normalized spacial score (nSPS) is 20.9. The molecule has 0 N–H and O–H groups in total. The number of likely N-dealkylation sites (tertiary alicyclic amines) is 1. The van der Waals surface area contributed by atoms with Crippen molar-refractivity contribution in [1.82, 2.24) is 9.47 Å². The highest BCUT2D eigenvalue weighted by Gasteiger charge is 2.24. The molecule has 2 aliphatic rings. The summed E-state index contributed by atoms with van der Waals surface area (Å²) >= 11 is 0. The molecule has 0 bridgehead atoms. The summed E-state index contributed by atoms with van der Waals surface area (Å²) < 4.78 is 2.42. The Morgan fingerprint density at radius 3 is 2.45 bits per heavy atom. The summed E-state index contributed by atoms with van der Waals surface area (Å²) in [6.45, 7) is 7.07. The van der Waals surface area contributed by atoms with Crippen LogP contribution in [-0.2, 0) is 0 Å². The predicted molar refractivity (Wildman–Crippen MR) is 81.4 cm³/mol. The van der Waals surface area contributed by atoms with Crippen LogP contribution in [0.4, 0.5) is 0 Å². The molecular weight excluding hydrogens is 248 g/mol. The third-order valence-electron chi connectivity index (χ3n) is 5.04. The fourth-order valence-corrected chi connectivity index (χ4v) is 4.01. The first-order chi connectivity index (χ1) is 9.66. The van der Waals surface area contributed by atoms with E-state index < -0.39 is 0 Å². The van der Waals surface area contributed by atoms with Crippen LogP contribution < -0.4 is 0 Å². The van der Waals surface area contributed by atoms with Gasteiger partial charge in [0.25, 0.3) is 0 Å². The van der Waals surface area contributed by atoms with E-state index in [1.165, 1.54) is 49.9 Å². The summed E-state index contributed by atoms with van der Waals surface area (Å²) in [6.07, 6.45) is 7.70. The molecular formula is C17H26N2O. The Kier molecular flexibility index (Phi) is 3.97. The molecule has 1 aromatic heterocycles. The van der Waals surface area contributed by atoms with Gasteiger partial charge in [0.15, 0.2) is 5.78 Å². The molecule has 0 radical (unpaired) electrons. The predicted octanol–water partition coefficient (Wildman–Crippen LogP) is 3.50. The maximum Gasteiger partial charge on any atom is 0.178 e. The number of aromatic nitrogens is 1. The van der Waals surface area contributed by atoms with Gasteiger partial charge in [-0.05, 0) is 58.7 Å². The van der Waals surface area contributed by atoms with Crippen LogP contribution in [0.3, 0.4) is 0 Å². The van der Waals surface area contributed by atoms with Gasteiger partial charge in [0.05, 0.1) is 6.54 Å². The van der Waals surface area contributed by atoms with Gasteiger partial charge in [0, 0.05) is 23.0 Å². The molecule has 1 saturated carbocycles. The van der Waals surface area contributed by atoms with E-state index in [9.17, 15) is 4.79 Å². The summed E-state index contributed by atoms with van der Waals surface area (Å²) in [6, 6.07) is 2.75. The molecule has 110 valence electrons. The Bertz CT molecular complexity index is 491. The Labute approximate surface area is 122 Å². The largest absolute Gasteiger partial charge is 0.345 e. The number of ketones is 1. The Morgan fingerprint density at radius 2 is 1.80 bits per heavy atom. The Balaban J connectivity index is 1.79. The quantitative estimate of drug-likeness (QED) is 0.785. The fraction of sp³-hybridized carbons (Fsp3) is 0.706. The van der Waals surface area contributed by atoms with E-state index in [-0.39, 0.29) is 0 Å². The molecule has 1 aliphatic heterocycles. The van der Waals surface area contributed by atoms with Gasteiger partial charge < -0.3 is 4.57 Å². The van der Waals surface area contributed by atoms with Gasteiger partial charge in [-0.2, -0.15) is 0 Å². The highest BCUT2D eigenvalue weighted by atomic mass is 16.1. The van der Waals surface area contributed by atoms with Crippen LogP contribution in [0.1, 0.15) is 66.3 Å². The lowest BCUT2D eigenvalue weighted by atomic mass is 10.1. The lowest BCUT2D eigenvalue weighted by molar-refractivity contribution is 0.0944. The van der Waals surface area contributed by atoms with E-state index in [4.69, 9.17) is 0 Å². The van der Waals surface area contributed by atoms with Gasteiger partial charge in [-0.15, -0.1) is 0 Å². The molecule has 1 saturated heterocycles. The number of carbonyl (C=O) groups excluding carboxylic acids is 1. The van der Waals surface area contributed by atoms with Crippen LogP contribution in [0.5, 0.6) is 0 Å². The number of Topliss-reactive ketones (excluding diaryl/α,β-unsaturated/α-hetero) is 1. The first-order valence-corrected chi connectivity index (χ1v) is 8.11. The number of rotatable bonds is 4. The van der Waals surface area contributed by atoms with Gasteiger partial charge in [-0.1, -0.05) is 12.8 Å². The number of carbonyl (C=O) groups is 1. The molecule has 3 rings (SSSR count). The Morgan fingerprint density at radius 1 is 1.15 bits per heavy atom. The molecule has 0 spiro atoms. The van der Waals surface area contributed by atoms with E-state index in [1.807, 2.05) is 0 Å². The molecule has 0 unspecified atom stereocenters. The summed E-state index contributed by atoms with van der Waals surface area (Å²) in [4.78, 5) is 14.8. The van der Waals surface area contributed by atoms with Crippen molar-refractivity contribution in [2.45, 2.75) is 58.4 Å². The molecule has 3 nitrogen and oxygen atoms in total. The van der Waals surface area contributed by atoms with E-state index >= 15 is 0 Å². The second-order valence-corrected chi connectivity index (χ2v) is 6.50. The van der Waals surface area contributed by atoms with Crippen LogP contribution >= 0.6 is 0 Å². The molecule has 1 aliphatic carbocycles. The topological polar surface area (TPSA) is 25.2 Å². The van der Waals surface area contributed by atoms with Gasteiger partial charge in [0.1, 0.15) is 0 Å². The van der Waals surface area contributed by atoms with Gasteiger partial charge >= 0.3 is 0 Å². The zero-order valence-electron chi connectivity index (χ0n) is 12.8. The highest BCUT2D eigenvalue weighted by molar-refractivity contribution is 5.99. The van der Waals surface area contributed by atoms with Crippen molar-refractivity contribution < 1.29 is 4.79 Å². The molecule has 3 heteroatoms. The van der Waals surface area contributed by atoms with Crippen LogP contribution in [0.2, 0.25) is 0 Å². The molecule has 0 amide bonds. The standard InChI is InChI=1S/C17H26N2O/c1-13-11-16(17(20)12-18-9-5-6-10-18)14(2)19(13)15-7-3-4-8-15/h11,15H,3-10,12H2,1-2H3. The molecule has 0 aromatic carbocycles. The van der Waals surface area contributed by atoms with Gasteiger partial charge in [-0.3, -0.25) is 9.69 Å². The maximum atomic E-state index is 12.5. The lowest BCUT2D eigenvalue weighted by Gasteiger charge is -2.18. The summed E-state index contributed by atoms with van der Waals surface area (Å²) in [5.41, 5.74) is 3.42. The molecule has 0 atom stereocenters. The monoisotopic (exact) mass is 274 g/mol. The minimum absolute atomic E-state index is 0.309. The number of hydrogen-bond acceptors (Lipinski definition) is 2. The average Bonchev–Trinajstić information content (AvgIpc) is 3.11. The van der Waals surface area contributed by atoms with Crippen LogP contribution in [0.15, 0.2) is 6.07 Å². The van der Waals surface area contributed by atoms with E-state index in [0.717, 1.165) is 18.7 Å². The van der Waals surface area contributed by atoms with Crippen molar-refractivity contribution in [2.75, 3.05) is 19.6 Å². The van der Waals surface area contributed by atoms with Crippen LogP contribution in [0, 0.1) is 13.8 Å². The van der Waals surface area contributed by atoms with Crippen LogP contribution in [-0.4, -0.2) is 34.9 Å². The molecule has 1 aromatic rings. The highest BCUT2D eigenvalue weighted by Crippen LogP contribution is 2.33. The van der Waals surface area contributed by atoms with Crippen LogP contribution in [0.25, 0.3) is 0 Å². The average molecular weight is 274 g/mol. The first-order valence-electron chi connectivity index (χ1n) is 8.11. The number of hydrogen-bond donors (Lipinski definition) is 0. The van der Waals surface area contributed by atoms with Crippen molar-refractivity contribution in [3.63, 3.8) is 0 Å². The fourth-order valence-electron chi connectivity index (χ4n) is 4.01. The van der Waals surface area contributed by atoms with Crippen molar-refractivity contribution >= 4 is 5.78 Å². The van der Waals surface area contributed by atoms with Crippen molar-refractivity contribution in [3.8, 4) is 0 Å². The van der Waals surface area contributed by atoms with Gasteiger partial charge in [-0.25, -0.2) is 0 Å². The third kappa shape index (κ3) is 2.56. The summed E-state index contributed by atoms with van der Waals surface area (Å²) in [5.74, 6) is 0.309. The molecule has 2 fully saturated rings. The smallest absolute Gasteiger partial charge is 0.178 e. The summed E-state index contributed by atoms with van der Waals surface area (Å²) in [7, 11) is 0. The zero-order valence-corrected chi connectivity index (χ0v) is 12.8. The van der Waals surface area contributed by atoms with E-state index in [2.05, 4.69) is 29.4 Å². The minimum Gasteiger partial charge on any atom is -0.345 e. The van der Waals surface area contributed by atoms with Gasteiger partial charge in [0.2, 0.25) is 0 Å². The second-order valence-electron chi connectivity index (χ2n) is 6.50. The van der Waals surface area contributed by atoms with E-state index in [1.54, 1.807) is 0 Å². The maximum absolute atomic E-state index is 12.5. The number of aryl methyl sites for hydroxylation is 1. The number of nitrogens with zero attached hydrogens (tertiary/aromatic N) is 2. The van der Waals surface area contributed by atoms with Crippen molar-refractivity contribution in [3.05, 3.63) is 23.0 Å². The van der Waals surface area contributed by atoms with Crippen molar-refractivity contribution in [1.29, 1.82) is 0 Å². The minimum atomic E-state index is 0.309. The lowest BCUT2D eigenvalue weighted by Crippen LogP contribution is -2.27.